The third-order valence-electron chi connectivity index (χ3n) is 3.86. The SMILES string of the molecule is Cc1cccc(C(C)C)c1N1CCNCC1CC#N. The number of hydrogen-bond donors (Lipinski definition) is 1. The van der Waals surface area contributed by atoms with Gasteiger partial charge in [-0.05, 0) is 24.0 Å². The summed E-state index contributed by atoms with van der Waals surface area (Å²) in [6, 6.07) is 9.14. The number of anilines is 1. The minimum absolute atomic E-state index is 0.289. The molecule has 0 amide bonds. The summed E-state index contributed by atoms with van der Waals surface area (Å²) in [4.78, 5) is 2.43. The average molecular weight is 257 g/mol. The second-order valence-corrected chi connectivity index (χ2v) is 5.58. The smallest absolute Gasteiger partial charge is 0.0643 e. The first kappa shape index (κ1) is 13.9. The molecule has 3 nitrogen and oxygen atoms in total. The molecule has 19 heavy (non-hydrogen) atoms. The Morgan fingerprint density at radius 2 is 2.26 bits per heavy atom. The van der Waals surface area contributed by atoms with Crippen LogP contribution in [0, 0.1) is 18.3 Å². The third-order valence-corrected chi connectivity index (χ3v) is 3.86. The van der Waals surface area contributed by atoms with Gasteiger partial charge < -0.3 is 10.2 Å². The Balaban J connectivity index is 2.41. The summed E-state index contributed by atoms with van der Waals surface area (Å²) in [6.45, 7) is 9.52. The molecule has 1 atom stereocenters. The molecular formula is C16H23N3. The highest BCUT2D eigenvalue weighted by atomic mass is 15.2. The summed E-state index contributed by atoms with van der Waals surface area (Å²) in [6.07, 6.45) is 0.582. The highest BCUT2D eigenvalue weighted by Crippen LogP contribution is 2.33. The van der Waals surface area contributed by atoms with Gasteiger partial charge in [0.2, 0.25) is 0 Å². The monoisotopic (exact) mass is 257 g/mol. The van der Waals surface area contributed by atoms with E-state index in [9.17, 15) is 0 Å². The van der Waals surface area contributed by atoms with Gasteiger partial charge in [0.25, 0.3) is 0 Å². The largest absolute Gasteiger partial charge is 0.365 e. The molecule has 0 saturated carbocycles. The Kier molecular flexibility index (Phi) is 4.44. The summed E-state index contributed by atoms with van der Waals surface area (Å²) >= 11 is 0. The van der Waals surface area contributed by atoms with Gasteiger partial charge in [-0.3, -0.25) is 0 Å². The molecular weight excluding hydrogens is 234 g/mol. The first-order valence-corrected chi connectivity index (χ1v) is 7.09. The number of hydrogen-bond acceptors (Lipinski definition) is 3. The molecule has 2 rings (SSSR count). The van der Waals surface area contributed by atoms with Crippen molar-refractivity contribution in [3.63, 3.8) is 0 Å². The average Bonchev–Trinajstić information content (AvgIpc) is 2.40. The molecule has 3 heteroatoms. The zero-order valence-electron chi connectivity index (χ0n) is 12.1. The first-order chi connectivity index (χ1) is 9.15. The van der Waals surface area contributed by atoms with Crippen LogP contribution in [0.4, 0.5) is 5.69 Å². The number of para-hydroxylation sites is 1. The van der Waals surface area contributed by atoms with Crippen molar-refractivity contribution in [2.24, 2.45) is 0 Å². The lowest BCUT2D eigenvalue weighted by molar-refractivity contribution is 0.478. The van der Waals surface area contributed by atoms with Gasteiger partial charge in [-0.15, -0.1) is 0 Å². The lowest BCUT2D eigenvalue weighted by Crippen LogP contribution is -2.51. The number of aryl methyl sites for hydroxylation is 1. The number of rotatable bonds is 3. The molecule has 1 unspecified atom stereocenters. The fourth-order valence-corrected chi connectivity index (χ4v) is 2.88. The predicted octanol–water partition coefficient (Wildman–Crippen LogP) is 2.81. The van der Waals surface area contributed by atoms with Crippen molar-refractivity contribution < 1.29 is 0 Å². The minimum atomic E-state index is 0.289. The van der Waals surface area contributed by atoms with Crippen molar-refractivity contribution in [1.29, 1.82) is 5.26 Å². The maximum absolute atomic E-state index is 9.03. The summed E-state index contributed by atoms with van der Waals surface area (Å²) in [5, 5.41) is 12.4. The number of piperazine rings is 1. The van der Waals surface area contributed by atoms with Crippen molar-refractivity contribution in [3.8, 4) is 6.07 Å². The van der Waals surface area contributed by atoms with Crippen LogP contribution in [-0.4, -0.2) is 25.7 Å². The normalized spacial score (nSPS) is 19.5. The molecule has 1 heterocycles. The molecule has 1 aromatic rings. The Hall–Kier alpha value is -1.53. The number of nitrogens with one attached hydrogen (secondary N) is 1. The zero-order valence-corrected chi connectivity index (χ0v) is 12.1. The van der Waals surface area contributed by atoms with Gasteiger partial charge in [-0.1, -0.05) is 32.0 Å². The minimum Gasteiger partial charge on any atom is -0.365 e. The van der Waals surface area contributed by atoms with Gasteiger partial charge in [-0.2, -0.15) is 5.26 Å². The van der Waals surface area contributed by atoms with E-state index in [1.54, 1.807) is 0 Å². The molecule has 1 aliphatic rings. The van der Waals surface area contributed by atoms with Crippen LogP contribution in [0.5, 0.6) is 0 Å². The van der Waals surface area contributed by atoms with Gasteiger partial charge in [-0.25, -0.2) is 0 Å². The molecule has 0 bridgehead atoms. The first-order valence-electron chi connectivity index (χ1n) is 7.09. The van der Waals surface area contributed by atoms with Crippen molar-refractivity contribution in [2.75, 3.05) is 24.5 Å². The Labute approximate surface area is 116 Å². The van der Waals surface area contributed by atoms with E-state index in [2.05, 4.69) is 55.3 Å². The fraction of sp³-hybridized carbons (Fsp3) is 0.562. The second kappa shape index (κ2) is 6.08. The number of benzene rings is 1. The van der Waals surface area contributed by atoms with E-state index in [1.165, 1.54) is 16.8 Å². The van der Waals surface area contributed by atoms with Crippen LogP contribution in [0.3, 0.4) is 0 Å². The van der Waals surface area contributed by atoms with E-state index < -0.39 is 0 Å². The van der Waals surface area contributed by atoms with E-state index in [1.807, 2.05) is 0 Å². The molecule has 1 aromatic carbocycles. The van der Waals surface area contributed by atoms with Crippen LogP contribution in [0.2, 0.25) is 0 Å². The summed E-state index contributed by atoms with van der Waals surface area (Å²) in [7, 11) is 0. The van der Waals surface area contributed by atoms with E-state index >= 15 is 0 Å². The van der Waals surface area contributed by atoms with Crippen LogP contribution in [0.15, 0.2) is 18.2 Å². The number of nitrogens with zero attached hydrogens (tertiary/aromatic N) is 2. The molecule has 0 aromatic heterocycles. The predicted molar refractivity (Wildman–Crippen MR) is 79.5 cm³/mol. The lowest BCUT2D eigenvalue weighted by Gasteiger charge is -2.39. The summed E-state index contributed by atoms with van der Waals surface area (Å²) in [5.41, 5.74) is 4.06. The third kappa shape index (κ3) is 2.90. The topological polar surface area (TPSA) is 39.1 Å². The Morgan fingerprint density at radius 3 is 2.95 bits per heavy atom. The molecule has 1 aliphatic heterocycles. The van der Waals surface area contributed by atoms with Crippen LogP contribution >= 0.6 is 0 Å². The van der Waals surface area contributed by atoms with E-state index in [0.717, 1.165) is 19.6 Å². The number of nitriles is 1. The molecule has 102 valence electrons. The maximum atomic E-state index is 9.03. The second-order valence-electron chi connectivity index (χ2n) is 5.58. The quantitative estimate of drug-likeness (QED) is 0.905. The van der Waals surface area contributed by atoms with Crippen LogP contribution in [0.25, 0.3) is 0 Å². The Morgan fingerprint density at radius 1 is 1.47 bits per heavy atom. The lowest BCUT2D eigenvalue weighted by atomic mass is 9.95. The van der Waals surface area contributed by atoms with Crippen molar-refractivity contribution >= 4 is 5.69 Å². The highest BCUT2D eigenvalue weighted by molar-refractivity contribution is 5.61. The van der Waals surface area contributed by atoms with Crippen molar-refractivity contribution in [3.05, 3.63) is 29.3 Å². The van der Waals surface area contributed by atoms with Crippen molar-refractivity contribution in [1.82, 2.24) is 5.32 Å². The van der Waals surface area contributed by atoms with Gasteiger partial charge in [0.15, 0.2) is 0 Å². The molecule has 1 N–H and O–H groups in total. The summed E-state index contributed by atoms with van der Waals surface area (Å²) in [5.74, 6) is 0.507. The highest BCUT2D eigenvalue weighted by Gasteiger charge is 2.25. The van der Waals surface area contributed by atoms with Gasteiger partial charge in [0, 0.05) is 25.3 Å². The molecule has 0 aliphatic carbocycles. The fourth-order valence-electron chi connectivity index (χ4n) is 2.88. The molecule has 0 radical (unpaired) electrons. The standard InChI is InChI=1S/C16H23N3/c1-12(2)15-6-4-5-13(3)16(15)19-10-9-18-11-14(19)7-8-17/h4-6,12,14,18H,7,9-11H2,1-3H3. The van der Waals surface area contributed by atoms with Crippen LogP contribution in [0.1, 0.15) is 37.3 Å². The van der Waals surface area contributed by atoms with E-state index in [0.29, 0.717) is 12.3 Å². The zero-order chi connectivity index (χ0) is 13.8. The van der Waals surface area contributed by atoms with Crippen molar-refractivity contribution in [2.45, 2.75) is 39.2 Å². The maximum Gasteiger partial charge on any atom is 0.0643 e. The molecule has 1 fully saturated rings. The van der Waals surface area contributed by atoms with E-state index in [4.69, 9.17) is 5.26 Å². The van der Waals surface area contributed by atoms with Crippen LogP contribution in [-0.2, 0) is 0 Å². The Bertz CT molecular complexity index is 473. The summed E-state index contributed by atoms with van der Waals surface area (Å²) < 4.78 is 0. The molecule has 1 saturated heterocycles. The molecule has 0 spiro atoms. The van der Waals surface area contributed by atoms with Gasteiger partial charge in [0.05, 0.1) is 18.5 Å². The van der Waals surface area contributed by atoms with Gasteiger partial charge >= 0.3 is 0 Å². The van der Waals surface area contributed by atoms with Crippen LogP contribution < -0.4 is 10.2 Å². The van der Waals surface area contributed by atoms with E-state index in [-0.39, 0.29) is 6.04 Å². The van der Waals surface area contributed by atoms with Gasteiger partial charge in [0.1, 0.15) is 0 Å².